The lowest BCUT2D eigenvalue weighted by Crippen LogP contribution is -2.31. The van der Waals surface area contributed by atoms with Crippen LogP contribution < -0.4 is 0 Å². The zero-order chi connectivity index (χ0) is 14.4. The maximum atomic E-state index is 5.91. The number of ether oxygens (including phenoxy) is 1. The van der Waals surface area contributed by atoms with E-state index in [1.54, 1.807) is 0 Å². The van der Waals surface area contributed by atoms with Gasteiger partial charge in [-0.2, -0.15) is 0 Å². The van der Waals surface area contributed by atoms with Gasteiger partial charge in [-0.15, -0.1) is 0 Å². The van der Waals surface area contributed by atoms with Crippen molar-refractivity contribution in [2.45, 2.75) is 58.5 Å². The first-order chi connectivity index (χ1) is 9.72. The van der Waals surface area contributed by atoms with Crippen LogP contribution in [-0.2, 0) is 4.74 Å². The van der Waals surface area contributed by atoms with Crippen LogP contribution >= 0.6 is 0 Å². The summed E-state index contributed by atoms with van der Waals surface area (Å²) in [7, 11) is 0. The SMILES string of the molecule is CCC/C=C\CC1COC(C)CC1c1ccccc1C. The van der Waals surface area contributed by atoms with Crippen molar-refractivity contribution in [1.29, 1.82) is 0 Å². The lowest BCUT2D eigenvalue weighted by molar-refractivity contribution is -0.0164. The smallest absolute Gasteiger partial charge is 0.0553 e. The number of benzene rings is 1. The number of aryl methyl sites for hydroxylation is 1. The average molecular weight is 272 g/mol. The second-order valence-electron chi connectivity index (χ2n) is 6.10. The van der Waals surface area contributed by atoms with Gasteiger partial charge >= 0.3 is 0 Å². The Morgan fingerprint density at radius 3 is 2.80 bits per heavy atom. The van der Waals surface area contributed by atoms with Gasteiger partial charge in [0, 0.05) is 0 Å². The summed E-state index contributed by atoms with van der Waals surface area (Å²) in [5, 5.41) is 0. The molecule has 3 atom stereocenters. The minimum absolute atomic E-state index is 0.385. The predicted octanol–water partition coefficient (Wildman–Crippen LogP) is 5.25. The van der Waals surface area contributed by atoms with Gasteiger partial charge in [0.2, 0.25) is 0 Å². The van der Waals surface area contributed by atoms with Gasteiger partial charge in [-0.25, -0.2) is 0 Å². The van der Waals surface area contributed by atoms with E-state index < -0.39 is 0 Å². The fourth-order valence-corrected chi connectivity index (χ4v) is 3.19. The molecule has 1 heteroatoms. The highest BCUT2D eigenvalue weighted by atomic mass is 16.5. The zero-order valence-electron chi connectivity index (χ0n) is 13.1. The minimum Gasteiger partial charge on any atom is -0.378 e. The van der Waals surface area contributed by atoms with Crippen LogP contribution in [0, 0.1) is 12.8 Å². The van der Waals surface area contributed by atoms with Crippen LogP contribution in [0.3, 0.4) is 0 Å². The van der Waals surface area contributed by atoms with E-state index in [4.69, 9.17) is 4.74 Å². The number of allylic oxidation sites excluding steroid dienone is 2. The number of rotatable bonds is 5. The third kappa shape index (κ3) is 3.96. The lowest BCUT2D eigenvalue weighted by atomic mass is 9.77. The Balaban J connectivity index is 2.10. The molecule has 2 rings (SSSR count). The molecule has 0 aromatic heterocycles. The molecular weight excluding hydrogens is 244 g/mol. The first-order valence-electron chi connectivity index (χ1n) is 8.04. The summed E-state index contributed by atoms with van der Waals surface area (Å²) >= 11 is 0. The molecule has 1 fully saturated rings. The molecule has 1 aliphatic heterocycles. The number of hydrogen-bond donors (Lipinski definition) is 0. The predicted molar refractivity (Wildman–Crippen MR) is 86.1 cm³/mol. The van der Waals surface area contributed by atoms with E-state index in [0.717, 1.165) is 19.4 Å². The molecule has 0 N–H and O–H groups in total. The first-order valence-corrected chi connectivity index (χ1v) is 8.04. The van der Waals surface area contributed by atoms with Gasteiger partial charge < -0.3 is 4.74 Å². The molecule has 0 amide bonds. The largest absolute Gasteiger partial charge is 0.378 e. The third-order valence-corrected chi connectivity index (χ3v) is 4.40. The van der Waals surface area contributed by atoms with Crippen LogP contribution in [0.15, 0.2) is 36.4 Å². The van der Waals surface area contributed by atoms with Gasteiger partial charge in [0.05, 0.1) is 12.7 Å². The molecule has 1 heterocycles. The maximum Gasteiger partial charge on any atom is 0.0553 e. The number of unbranched alkanes of at least 4 members (excludes halogenated alkanes) is 1. The third-order valence-electron chi connectivity index (χ3n) is 4.40. The van der Waals surface area contributed by atoms with Crippen molar-refractivity contribution < 1.29 is 4.74 Å². The van der Waals surface area contributed by atoms with Crippen LogP contribution in [-0.4, -0.2) is 12.7 Å². The van der Waals surface area contributed by atoms with Crippen LogP contribution in [0.4, 0.5) is 0 Å². The summed E-state index contributed by atoms with van der Waals surface area (Å²) in [5.74, 6) is 1.27. The average Bonchev–Trinajstić information content (AvgIpc) is 2.45. The second kappa shape index (κ2) is 7.64. The molecule has 110 valence electrons. The van der Waals surface area contributed by atoms with Gasteiger partial charge in [0.25, 0.3) is 0 Å². The van der Waals surface area contributed by atoms with Gasteiger partial charge in [0.1, 0.15) is 0 Å². The van der Waals surface area contributed by atoms with E-state index in [2.05, 4.69) is 57.2 Å². The highest BCUT2D eigenvalue weighted by Gasteiger charge is 2.30. The molecule has 0 radical (unpaired) electrons. The van der Waals surface area contributed by atoms with Crippen LogP contribution in [0.1, 0.15) is 56.6 Å². The van der Waals surface area contributed by atoms with Crippen molar-refractivity contribution in [3.8, 4) is 0 Å². The van der Waals surface area contributed by atoms with Crippen LogP contribution in [0.2, 0.25) is 0 Å². The van der Waals surface area contributed by atoms with Crippen molar-refractivity contribution in [2.24, 2.45) is 5.92 Å². The molecule has 1 aromatic carbocycles. The van der Waals surface area contributed by atoms with E-state index >= 15 is 0 Å². The molecule has 20 heavy (non-hydrogen) atoms. The second-order valence-corrected chi connectivity index (χ2v) is 6.10. The Bertz CT molecular complexity index is 435. The van der Waals surface area contributed by atoms with Crippen molar-refractivity contribution in [2.75, 3.05) is 6.61 Å². The molecule has 3 unspecified atom stereocenters. The minimum atomic E-state index is 0.385. The van der Waals surface area contributed by atoms with E-state index in [1.807, 2.05) is 0 Å². The lowest BCUT2D eigenvalue weighted by Gasteiger charge is -2.35. The Kier molecular flexibility index (Phi) is 5.85. The summed E-state index contributed by atoms with van der Waals surface area (Å²) in [6.07, 6.45) is 9.79. The highest BCUT2D eigenvalue weighted by molar-refractivity contribution is 5.30. The first kappa shape index (κ1) is 15.3. The molecule has 0 aliphatic carbocycles. The summed E-state index contributed by atoms with van der Waals surface area (Å²) in [5.41, 5.74) is 2.95. The van der Waals surface area contributed by atoms with E-state index in [1.165, 1.54) is 24.0 Å². The van der Waals surface area contributed by atoms with Gasteiger partial charge in [0.15, 0.2) is 0 Å². The molecule has 1 saturated heterocycles. The highest BCUT2D eigenvalue weighted by Crippen LogP contribution is 2.38. The van der Waals surface area contributed by atoms with Crippen molar-refractivity contribution in [3.63, 3.8) is 0 Å². The summed E-state index contributed by atoms with van der Waals surface area (Å²) < 4.78 is 5.91. The van der Waals surface area contributed by atoms with E-state index in [-0.39, 0.29) is 0 Å². The molecule has 0 saturated carbocycles. The molecule has 1 aliphatic rings. The molecule has 0 spiro atoms. The normalized spacial score (nSPS) is 27.1. The summed E-state index contributed by atoms with van der Waals surface area (Å²) in [4.78, 5) is 0. The van der Waals surface area contributed by atoms with Gasteiger partial charge in [-0.1, -0.05) is 49.8 Å². The summed E-state index contributed by atoms with van der Waals surface area (Å²) in [6, 6.07) is 8.85. The van der Waals surface area contributed by atoms with Crippen molar-refractivity contribution in [3.05, 3.63) is 47.5 Å². The van der Waals surface area contributed by atoms with Crippen molar-refractivity contribution >= 4 is 0 Å². The topological polar surface area (TPSA) is 9.23 Å². The molecule has 1 nitrogen and oxygen atoms in total. The zero-order valence-corrected chi connectivity index (χ0v) is 13.1. The molecule has 0 bridgehead atoms. The van der Waals surface area contributed by atoms with E-state index in [9.17, 15) is 0 Å². The van der Waals surface area contributed by atoms with Gasteiger partial charge in [-0.3, -0.25) is 0 Å². The molecular formula is C19H28O. The Morgan fingerprint density at radius 1 is 1.25 bits per heavy atom. The van der Waals surface area contributed by atoms with Crippen LogP contribution in [0.25, 0.3) is 0 Å². The van der Waals surface area contributed by atoms with Gasteiger partial charge in [-0.05, 0) is 56.1 Å². The standard InChI is InChI=1S/C19H28O/c1-4-5-6-7-11-17-14-20-16(3)13-19(17)18-12-9-8-10-15(18)2/h6-10,12,16-17,19H,4-5,11,13-14H2,1-3H3/b7-6-. The molecule has 1 aromatic rings. The van der Waals surface area contributed by atoms with E-state index in [0.29, 0.717) is 17.9 Å². The Hall–Kier alpha value is -1.08. The van der Waals surface area contributed by atoms with Crippen molar-refractivity contribution in [1.82, 2.24) is 0 Å². The van der Waals surface area contributed by atoms with Crippen LogP contribution in [0.5, 0.6) is 0 Å². The quantitative estimate of drug-likeness (QED) is 0.665. The fourth-order valence-electron chi connectivity index (χ4n) is 3.19. The Morgan fingerprint density at radius 2 is 2.05 bits per heavy atom. The summed E-state index contributed by atoms with van der Waals surface area (Å²) in [6.45, 7) is 7.57. The monoisotopic (exact) mass is 272 g/mol. The maximum absolute atomic E-state index is 5.91. The number of hydrogen-bond acceptors (Lipinski definition) is 1. The fraction of sp³-hybridized carbons (Fsp3) is 0.579. The Labute approximate surface area is 124 Å².